The number of nitrogens with zero attached hydrogens (tertiary/aromatic N) is 5. The molecule has 2 aromatic rings. The number of aromatic nitrogens is 3. The number of nitriles is 1. The summed E-state index contributed by atoms with van der Waals surface area (Å²) in [7, 11) is 0. The average Bonchev–Trinajstić information content (AvgIpc) is 3.23. The van der Waals surface area contributed by atoms with Crippen molar-refractivity contribution in [2.75, 3.05) is 19.6 Å². The van der Waals surface area contributed by atoms with Gasteiger partial charge in [-0.05, 0) is 25.0 Å². The predicted octanol–water partition coefficient (Wildman–Crippen LogP) is 0.880. The topological polar surface area (TPSA) is 96.1 Å². The molecule has 2 aromatic heterocycles. The summed E-state index contributed by atoms with van der Waals surface area (Å²) in [5, 5.41) is 15.8. The molecule has 3 rings (SSSR count). The number of nitrogens with one attached hydrogen (secondary N) is 1. The quantitative estimate of drug-likeness (QED) is 0.742. The Kier molecular flexibility index (Phi) is 5.81. The van der Waals surface area contributed by atoms with Crippen LogP contribution in [0, 0.1) is 18.3 Å². The predicted molar refractivity (Wildman–Crippen MR) is 94.1 cm³/mol. The molecule has 1 saturated heterocycles. The van der Waals surface area contributed by atoms with Gasteiger partial charge in [0.15, 0.2) is 0 Å². The van der Waals surface area contributed by atoms with E-state index in [2.05, 4.69) is 26.4 Å². The lowest BCUT2D eigenvalue weighted by molar-refractivity contribution is -0.122. The lowest BCUT2D eigenvalue weighted by Gasteiger charge is -2.17. The Hall–Kier alpha value is -2.92. The number of likely N-dealkylation sites (tertiary alicyclic amines) is 1. The van der Waals surface area contributed by atoms with E-state index in [-0.39, 0.29) is 18.6 Å². The van der Waals surface area contributed by atoms with Gasteiger partial charge in [-0.3, -0.25) is 19.4 Å². The maximum Gasteiger partial charge on any atom is 0.241 e. The van der Waals surface area contributed by atoms with Crippen LogP contribution in [0.1, 0.15) is 17.5 Å². The van der Waals surface area contributed by atoms with Gasteiger partial charge in [-0.15, -0.1) is 0 Å². The lowest BCUT2D eigenvalue weighted by Crippen LogP contribution is -2.28. The van der Waals surface area contributed by atoms with Gasteiger partial charge in [-0.1, -0.05) is 0 Å². The molecule has 1 aliphatic rings. The number of carbonyl (C=O) groups excluding carboxylic acids is 1. The molecule has 0 aliphatic carbocycles. The largest absolute Gasteiger partial charge is 0.487 e. The normalized spacial score (nSPS) is 17.0. The van der Waals surface area contributed by atoms with E-state index in [0.29, 0.717) is 18.8 Å². The third-order valence-corrected chi connectivity index (χ3v) is 4.23. The zero-order chi connectivity index (χ0) is 18.4. The van der Waals surface area contributed by atoms with E-state index < -0.39 is 0 Å². The second-order valence-electron chi connectivity index (χ2n) is 6.40. The van der Waals surface area contributed by atoms with Gasteiger partial charge in [0.05, 0.1) is 25.0 Å². The van der Waals surface area contributed by atoms with Gasteiger partial charge in [0.25, 0.3) is 0 Å². The Bertz CT molecular complexity index is 797. The number of carbonyl (C=O) groups is 1. The zero-order valence-electron chi connectivity index (χ0n) is 14.8. The third kappa shape index (κ3) is 4.80. The molecule has 26 heavy (non-hydrogen) atoms. The first-order valence-electron chi connectivity index (χ1n) is 8.58. The number of rotatable bonds is 7. The van der Waals surface area contributed by atoms with Crippen LogP contribution in [-0.2, 0) is 17.9 Å². The van der Waals surface area contributed by atoms with Crippen LogP contribution in [0.2, 0.25) is 0 Å². The molecule has 0 bridgehead atoms. The van der Waals surface area contributed by atoms with Crippen molar-refractivity contribution in [1.29, 1.82) is 5.26 Å². The van der Waals surface area contributed by atoms with Crippen molar-refractivity contribution >= 4 is 5.91 Å². The Morgan fingerprint density at radius 3 is 3.15 bits per heavy atom. The van der Waals surface area contributed by atoms with Gasteiger partial charge in [0.1, 0.15) is 18.4 Å². The summed E-state index contributed by atoms with van der Waals surface area (Å²) in [4.78, 5) is 18.3. The molecule has 136 valence electrons. The summed E-state index contributed by atoms with van der Waals surface area (Å²) in [6.07, 6.45) is 7.82. The van der Waals surface area contributed by atoms with E-state index >= 15 is 0 Å². The smallest absolute Gasteiger partial charge is 0.241 e. The standard InChI is InChI=1S/C18H22N6O2/c1-14-8-22-24(11-14)13-18(25)21-9-15-2-5-20-10-17(15)26-16-3-6-23(12-16)7-4-19/h2,5,8,10-11,16H,3,6-7,9,12-13H2,1H3,(H,21,25)/t16-/m0/s1. The zero-order valence-corrected chi connectivity index (χ0v) is 14.8. The number of aryl methyl sites for hydroxylation is 1. The SMILES string of the molecule is Cc1cnn(CC(=O)NCc2ccncc2O[C@H]2CCN(CC#N)C2)c1. The molecule has 0 unspecified atom stereocenters. The fraction of sp³-hybridized carbons (Fsp3) is 0.444. The molecule has 0 radical (unpaired) electrons. The van der Waals surface area contributed by atoms with Crippen LogP contribution in [0.15, 0.2) is 30.9 Å². The molecule has 1 atom stereocenters. The fourth-order valence-electron chi connectivity index (χ4n) is 2.93. The maximum absolute atomic E-state index is 12.1. The highest BCUT2D eigenvalue weighted by Gasteiger charge is 2.24. The molecule has 1 fully saturated rings. The van der Waals surface area contributed by atoms with Crippen LogP contribution < -0.4 is 10.1 Å². The first-order valence-corrected chi connectivity index (χ1v) is 8.58. The van der Waals surface area contributed by atoms with Crippen LogP contribution >= 0.6 is 0 Å². The first kappa shape index (κ1) is 17.9. The summed E-state index contributed by atoms with van der Waals surface area (Å²) in [5.74, 6) is 0.559. The summed E-state index contributed by atoms with van der Waals surface area (Å²) in [6.45, 7) is 4.48. The van der Waals surface area contributed by atoms with E-state index in [1.54, 1.807) is 23.3 Å². The van der Waals surface area contributed by atoms with Gasteiger partial charge in [-0.2, -0.15) is 10.4 Å². The van der Waals surface area contributed by atoms with Crippen molar-refractivity contribution in [2.45, 2.75) is 32.5 Å². The minimum Gasteiger partial charge on any atom is -0.487 e. The van der Waals surface area contributed by atoms with E-state index in [4.69, 9.17) is 10.00 Å². The molecule has 1 amide bonds. The van der Waals surface area contributed by atoms with Crippen molar-refractivity contribution in [3.8, 4) is 11.8 Å². The molecular weight excluding hydrogens is 332 g/mol. The van der Waals surface area contributed by atoms with Gasteiger partial charge < -0.3 is 10.1 Å². The number of hydrogen-bond donors (Lipinski definition) is 1. The molecule has 0 aromatic carbocycles. The summed E-state index contributed by atoms with van der Waals surface area (Å²) in [6, 6.07) is 4.01. The van der Waals surface area contributed by atoms with Crippen molar-refractivity contribution < 1.29 is 9.53 Å². The van der Waals surface area contributed by atoms with Gasteiger partial charge >= 0.3 is 0 Å². The van der Waals surface area contributed by atoms with Crippen LogP contribution in [0.3, 0.4) is 0 Å². The molecule has 3 heterocycles. The molecule has 8 heteroatoms. The van der Waals surface area contributed by atoms with Gasteiger partial charge in [-0.25, -0.2) is 0 Å². The molecule has 0 saturated carbocycles. The maximum atomic E-state index is 12.1. The highest BCUT2D eigenvalue weighted by Crippen LogP contribution is 2.21. The van der Waals surface area contributed by atoms with Crippen molar-refractivity contribution in [2.24, 2.45) is 0 Å². The van der Waals surface area contributed by atoms with E-state index in [1.165, 1.54) is 0 Å². The van der Waals surface area contributed by atoms with Crippen molar-refractivity contribution in [3.05, 3.63) is 42.0 Å². The van der Waals surface area contributed by atoms with Crippen LogP contribution in [-0.4, -0.2) is 51.3 Å². The number of amides is 1. The molecule has 1 aliphatic heterocycles. The fourth-order valence-corrected chi connectivity index (χ4v) is 2.93. The molecule has 1 N–H and O–H groups in total. The second kappa shape index (κ2) is 8.45. The summed E-state index contributed by atoms with van der Waals surface area (Å²) < 4.78 is 7.66. The van der Waals surface area contributed by atoms with Crippen molar-refractivity contribution in [3.63, 3.8) is 0 Å². The summed E-state index contributed by atoms with van der Waals surface area (Å²) in [5.41, 5.74) is 1.90. The Labute approximate surface area is 152 Å². The number of hydrogen-bond acceptors (Lipinski definition) is 6. The van der Waals surface area contributed by atoms with Crippen LogP contribution in [0.5, 0.6) is 5.75 Å². The number of pyridine rings is 1. The van der Waals surface area contributed by atoms with E-state index in [1.807, 2.05) is 19.2 Å². The van der Waals surface area contributed by atoms with Crippen LogP contribution in [0.4, 0.5) is 0 Å². The van der Waals surface area contributed by atoms with Gasteiger partial charge in [0, 0.05) is 37.6 Å². The highest BCUT2D eigenvalue weighted by molar-refractivity contribution is 5.75. The second-order valence-corrected chi connectivity index (χ2v) is 6.40. The lowest BCUT2D eigenvalue weighted by atomic mass is 10.2. The Morgan fingerprint density at radius 2 is 2.38 bits per heavy atom. The summed E-state index contributed by atoms with van der Waals surface area (Å²) >= 11 is 0. The minimum absolute atomic E-state index is 0.0362. The molecule has 0 spiro atoms. The molecular formula is C18H22N6O2. The monoisotopic (exact) mass is 354 g/mol. The first-order chi connectivity index (χ1) is 12.6. The van der Waals surface area contributed by atoms with E-state index in [0.717, 1.165) is 30.6 Å². The van der Waals surface area contributed by atoms with E-state index in [9.17, 15) is 4.79 Å². The minimum atomic E-state index is -0.114. The molecule has 8 nitrogen and oxygen atoms in total. The van der Waals surface area contributed by atoms with Crippen LogP contribution in [0.25, 0.3) is 0 Å². The number of ether oxygens (including phenoxy) is 1. The third-order valence-electron chi connectivity index (χ3n) is 4.23. The Balaban J connectivity index is 1.54. The highest BCUT2D eigenvalue weighted by atomic mass is 16.5. The average molecular weight is 354 g/mol. The van der Waals surface area contributed by atoms with Gasteiger partial charge in [0.2, 0.25) is 5.91 Å². The van der Waals surface area contributed by atoms with Crippen molar-refractivity contribution in [1.82, 2.24) is 25.0 Å². The Morgan fingerprint density at radius 1 is 1.50 bits per heavy atom.